The Morgan fingerprint density at radius 3 is 1.54 bits per heavy atom. The van der Waals surface area contributed by atoms with Crippen LogP contribution < -0.4 is 0 Å². The lowest BCUT2D eigenvalue weighted by atomic mass is 10.1. The van der Waals surface area contributed by atoms with E-state index in [1.54, 1.807) is 6.26 Å². The second-order valence-electron chi connectivity index (χ2n) is 9.97. The maximum absolute atomic E-state index is 6.16. The summed E-state index contributed by atoms with van der Waals surface area (Å²) in [6, 6.07) is 0. The van der Waals surface area contributed by atoms with Gasteiger partial charge in [-0.1, -0.05) is 111 Å². The molecular formula is C31H62O4. The van der Waals surface area contributed by atoms with E-state index in [0.29, 0.717) is 6.79 Å². The van der Waals surface area contributed by atoms with Gasteiger partial charge in [-0.3, -0.25) is 0 Å². The SMILES string of the molecule is CCCCCCCCCCOC(CCCCC=COCOCCC)OCCCCCCCCCC. The summed E-state index contributed by atoms with van der Waals surface area (Å²) in [4.78, 5) is 0. The number of hydrogen-bond donors (Lipinski definition) is 0. The quantitative estimate of drug-likeness (QED) is 0.0560. The van der Waals surface area contributed by atoms with E-state index in [-0.39, 0.29) is 6.29 Å². The van der Waals surface area contributed by atoms with E-state index < -0.39 is 0 Å². The van der Waals surface area contributed by atoms with Gasteiger partial charge in [0.05, 0.1) is 12.9 Å². The van der Waals surface area contributed by atoms with E-state index in [1.807, 2.05) is 0 Å². The summed E-state index contributed by atoms with van der Waals surface area (Å²) in [5.74, 6) is 0. The molecule has 0 aliphatic heterocycles. The number of allylic oxidation sites excluding steroid dienone is 1. The molecule has 0 aromatic heterocycles. The van der Waals surface area contributed by atoms with Crippen molar-refractivity contribution in [3.05, 3.63) is 12.3 Å². The third-order valence-electron chi connectivity index (χ3n) is 6.36. The molecule has 0 bridgehead atoms. The number of ether oxygens (including phenoxy) is 4. The van der Waals surface area contributed by atoms with E-state index in [2.05, 4.69) is 26.8 Å². The Labute approximate surface area is 219 Å². The van der Waals surface area contributed by atoms with Gasteiger partial charge >= 0.3 is 0 Å². The minimum absolute atomic E-state index is 0.0354. The molecule has 0 radical (unpaired) electrons. The van der Waals surface area contributed by atoms with Gasteiger partial charge in [0.15, 0.2) is 13.1 Å². The van der Waals surface area contributed by atoms with Crippen molar-refractivity contribution in [2.45, 2.75) is 162 Å². The fourth-order valence-electron chi connectivity index (χ4n) is 4.12. The predicted molar refractivity (Wildman–Crippen MR) is 151 cm³/mol. The van der Waals surface area contributed by atoms with Crippen LogP contribution in [0.3, 0.4) is 0 Å². The maximum atomic E-state index is 6.16. The first-order chi connectivity index (χ1) is 17.3. The van der Waals surface area contributed by atoms with E-state index >= 15 is 0 Å². The van der Waals surface area contributed by atoms with Crippen molar-refractivity contribution in [1.82, 2.24) is 0 Å². The summed E-state index contributed by atoms with van der Waals surface area (Å²) in [6.07, 6.45) is 30.4. The Morgan fingerprint density at radius 2 is 1.03 bits per heavy atom. The lowest BCUT2D eigenvalue weighted by Gasteiger charge is -2.19. The van der Waals surface area contributed by atoms with Gasteiger partial charge in [0.25, 0.3) is 0 Å². The zero-order chi connectivity index (χ0) is 25.5. The monoisotopic (exact) mass is 498 g/mol. The number of rotatable bonds is 30. The summed E-state index contributed by atoms with van der Waals surface area (Å²) in [7, 11) is 0. The summed E-state index contributed by atoms with van der Waals surface area (Å²) in [6.45, 7) is 9.44. The van der Waals surface area contributed by atoms with E-state index in [0.717, 1.165) is 64.8 Å². The highest BCUT2D eigenvalue weighted by Crippen LogP contribution is 2.14. The molecule has 210 valence electrons. The topological polar surface area (TPSA) is 36.9 Å². The highest BCUT2D eigenvalue weighted by molar-refractivity contribution is 4.72. The zero-order valence-electron chi connectivity index (χ0n) is 24.0. The van der Waals surface area contributed by atoms with Gasteiger partial charge in [-0.2, -0.15) is 0 Å². The Balaban J connectivity index is 3.92. The molecule has 4 heteroatoms. The molecule has 0 N–H and O–H groups in total. The van der Waals surface area contributed by atoms with Gasteiger partial charge in [0.2, 0.25) is 0 Å². The smallest absolute Gasteiger partial charge is 0.188 e. The van der Waals surface area contributed by atoms with Gasteiger partial charge in [-0.15, -0.1) is 0 Å². The molecule has 0 atom stereocenters. The van der Waals surface area contributed by atoms with E-state index in [9.17, 15) is 0 Å². The molecular weight excluding hydrogens is 436 g/mol. The van der Waals surface area contributed by atoms with Crippen molar-refractivity contribution in [3.63, 3.8) is 0 Å². The molecule has 35 heavy (non-hydrogen) atoms. The van der Waals surface area contributed by atoms with Gasteiger partial charge in [0.1, 0.15) is 0 Å². The van der Waals surface area contributed by atoms with Crippen LogP contribution in [0.15, 0.2) is 12.3 Å². The molecule has 0 saturated carbocycles. The second-order valence-corrected chi connectivity index (χ2v) is 9.97. The van der Waals surface area contributed by atoms with Crippen LogP contribution in [0.4, 0.5) is 0 Å². The molecule has 0 aromatic carbocycles. The van der Waals surface area contributed by atoms with Crippen LogP contribution in [-0.4, -0.2) is 32.9 Å². The molecule has 0 aliphatic rings. The number of unbranched alkanes of at least 4 members (excludes halogenated alkanes) is 16. The maximum Gasteiger partial charge on any atom is 0.188 e. The first-order valence-corrected chi connectivity index (χ1v) is 15.4. The largest absolute Gasteiger partial charge is 0.475 e. The lowest BCUT2D eigenvalue weighted by molar-refractivity contribution is -0.148. The van der Waals surface area contributed by atoms with Crippen LogP contribution in [0, 0.1) is 0 Å². The molecule has 4 nitrogen and oxygen atoms in total. The van der Waals surface area contributed by atoms with Crippen LogP contribution in [0.25, 0.3) is 0 Å². The molecule has 0 rings (SSSR count). The average molecular weight is 499 g/mol. The van der Waals surface area contributed by atoms with Crippen molar-refractivity contribution in [3.8, 4) is 0 Å². The fraction of sp³-hybridized carbons (Fsp3) is 0.935. The molecule has 0 amide bonds. The average Bonchev–Trinajstić information content (AvgIpc) is 2.87. The van der Waals surface area contributed by atoms with Crippen molar-refractivity contribution in [1.29, 1.82) is 0 Å². The Bertz CT molecular complexity index is 377. The molecule has 0 aromatic rings. The van der Waals surface area contributed by atoms with Crippen LogP contribution in [0.1, 0.15) is 156 Å². The summed E-state index contributed by atoms with van der Waals surface area (Å²) >= 11 is 0. The minimum Gasteiger partial charge on any atom is -0.475 e. The van der Waals surface area contributed by atoms with Crippen LogP contribution in [-0.2, 0) is 18.9 Å². The van der Waals surface area contributed by atoms with Gasteiger partial charge in [0, 0.05) is 13.2 Å². The van der Waals surface area contributed by atoms with Crippen molar-refractivity contribution in [2.24, 2.45) is 0 Å². The third-order valence-corrected chi connectivity index (χ3v) is 6.36. The molecule has 0 unspecified atom stereocenters. The molecule has 0 saturated heterocycles. The molecule has 0 heterocycles. The lowest BCUT2D eigenvalue weighted by Crippen LogP contribution is -2.19. The second kappa shape index (κ2) is 31.4. The fourth-order valence-corrected chi connectivity index (χ4v) is 4.12. The van der Waals surface area contributed by atoms with Crippen LogP contribution in [0.2, 0.25) is 0 Å². The van der Waals surface area contributed by atoms with Gasteiger partial charge < -0.3 is 18.9 Å². The third kappa shape index (κ3) is 29.5. The van der Waals surface area contributed by atoms with Crippen molar-refractivity contribution < 1.29 is 18.9 Å². The van der Waals surface area contributed by atoms with Crippen molar-refractivity contribution in [2.75, 3.05) is 26.6 Å². The Kier molecular flexibility index (Phi) is 30.9. The first kappa shape index (κ1) is 34.4. The standard InChI is InChI=1S/C31H62O4/c1-4-7-9-11-13-15-18-23-28-34-31(35-29-24-19-16-14-12-10-8-5-2)25-21-17-20-22-27-33-30-32-26-6-3/h22,27,31H,4-21,23-26,28-30H2,1-3H3. The summed E-state index contributed by atoms with van der Waals surface area (Å²) in [5.41, 5.74) is 0. The Hall–Kier alpha value is -0.580. The first-order valence-electron chi connectivity index (χ1n) is 15.4. The molecule has 0 fully saturated rings. The zero-order valence-corrected chi connectivity index (χ0v) is 24.0. The highest BCUT2D eigenvalue weighted by atomic mass is 16.7. The van der Waals surface area contributed by atoms with Crippen LogP contribution >= 0.6 is 0 Å². The van der Waals surface area contributed by atoms with Gasteiger partial charge in [-0.05, 0) is 51.0 Å². The van der Waals surface area contributed by atoms with Crippen LogP contribution in [0.5, 0.6) is 0 Å². The number of hydrogen-bond acceptors (Lipinski definition) is 4. The molecule has 0 spiro atoms. The van der Waals surface area contributed by atoms with Gasteiger partial charge in [-0.25, -0.2) is 0 Å². The highest BCUT2D eigenvalue weighted by Gasteiger charge is 2.09. The van der Waals surface area contributed by atoms with E-state index in [4.69, 9.17) is 18.9 Å². The minimum atomic E-state index is -0.0354. The van der Waals surface area contributed by atoms with Crippen molar-refractivity contribution >= 4 is 0 Å². The summed E-state index contributed by atoms with van der Waals surface area (Å²) in [5, 5.41) is 0. The predicted octanol–water partition coefficient (Wildman–Crippen LogP) is 10.1. The molecule has 0 aliphatic carbocycles. The Morgan fingerprint density at radius 1 is 0.514 bits per heavy atom. The summed E-state index contributed by atoms with van der Waals surface area (Å²) < 4.78 is 23.0. The van der Waals surface area contributed by atoms with E-state index in [1.165, 1.54) is 89.9 Å². The normalized spacial score (nSPS) is 11.8.